The van der Waals surface area contributed by atoms with Gasteiger partial charge in [-0.1, -0.05) is 38.1 Å². The van der Waals surface area contributed by atoms with Crippen LogP contribution in [-0.2, 0) is 20.2 Å². The summed E-state index contributed by atoms with van der Waals surface area (Å²) in [4.78, 5) is 14.0. The molecular weight excluding hydrogens is 360 g/mol. The van der Waals surface area contributed by atoms with Crippen LogP contribution in [0.2, 0.25) is 0 Å². The van der Waals surface area contributed by atoms with Crippen LogP contribution in [0.15, 0.2) is 24.3 Å². The van der Waals surface area contributed by atoms with Gasteiger partial charge in [-0.05, 0) is 47.6 Å². The molecule has 3 rings (SSSR count). The van der Waals surface area contributed by atoms with Crippen molar-refractivity contribution in [2.24, 2.45) is 5.92 Å². The Morgan fingerprint density at radius 3 is 2.44 bits per heavy atom. The molecule has 1 atom stereocenters. The van der Waals surface area contributed by atoms with Crippen LogP contribution in [0, 0.1) is 5.92 Å². The first-order chi connectivity index (χ1) is 12.6. The van der Waals surface area contributed by atoms with Crippen LogP contribution >= 0.6 is 0 Å². The highest BCUT2D eigenvalue weighted by Crippen LogP contribution is 2.52. The number of nitrogens with zero attached hydrogens (tertiary/aromatic N) is 2. The van der Waals surface area contributed by atoms with Crippen LogP contribution in [0.4, 0.5) is 0 Å². The zero-order valence-electron chi connectivity index (χ0n) is 16.9. The summed E-state index contributed by atoms with van der Waals surface area (Å²) in [5.41, 5.74) is 2.63. The molecule has 1 aromatic rings. The third kappa shape index (κ3) is 4.06. The number of piperidine rings is 1. The van der Waals surface area contributed by atoms with Crippen molar-refractivity contribution >= 4 is 15.9 Å². The predicted octanol–water partition coefficient (Wildman–Crippen LogP) is 2.97. The molecule has 6 heteroatoms. The molecule has 1 heterocycles. The van der Waals surface area contributed by atoms with Gasteiger partial charge in [0.1, 0.15) is 0 Å². The summed E-state index contributed by atoms with van der Waals surface area (Å²) >= 11 is 0. The highest BCUT2D eigenvalue weighted by molar-refractivity contribution is 7.89. The minimum atomic E-state index is -3.18. The van der Waals surface area contributed by atoms with E-state index >= 15 is 0 Å². The Morgan fingerprint density at radius 1 is 1.22 bits per heavy atom. The summed E-state index contributed by atoms with van der Waals surface area (Å²) in [5, 5.41) is 0. The molecule has 0 aromatic heterocycles. The SMILES string of the molecule is CC(C)CS(=O)(=O)N1CCC2(CC1)C[C@H](CC(=O)N(C)C)c1ccccc12. The van der Waals surface area contributed by atoms with Gasteiger partial charge in [-0.15, -0.1) is 0 Å². The fourth-order valence-electron chi connectivity index (χ4n) is 4.80. The molecule has 1 amide bonds. The second-order valence-electron chi connectivity index (χ2n) is 8.83. The van der Waals surface area contributed by atoms with E-state index in [4.69, 9.17) is 0 Å². The Morgan fingerprint density at radius 2 is 1.85 bits per heavy atom. The van der Waals surface area contributed by atoms with Crippen LogP contribution in [-0.4, -0.2) is 56.5 Å². The molecule has 1 aliphatic heterocycles. The topological polar surface area (TPSA) is 57.7 Å². The number of benzene rings is 1. The van der Waals surface area contributed by atoms with E-state index in [1.54, 1.807) is 23.3 Å². The van der Waals surface area contributed by atoms with Gasteiger partial charge < -0.3 is 4.90 Å². The van der Waals surface area contributed by atoms with Crippen LogP contribution in [0.5, 0.6) is 0 Å². The summed E-state index contributed by atoms with van der Waals surface area (Å²) in [6.45, 7) is 5.06. The molecule has 1 aromatic carbocycles. The molecule has 150 valence electrons. The van der Waals surface area contributed by atoms with Crippen LogP contribution < -0.4 is 0 Å². The van der Waals surface area contributed by atoms with Gasteiger partial charge in [0.2, 0.25) is 15.9 Å². The van der Waals surface area contributed by atoms with E-state index in [1.807, 2.05) is 19.9 Å². The van der Waals surface area contributed by atoms with Crippen molar-refractivity contribution in [2.75, 3.05) is 32.9 Å². The lowest BCUT2D eigenvalue weighted by atomic mass is 9.73. The molecule has 1 saturated heterocycles. The van der Waals surface area contributed by atoms with Gasteiger partial charge in [-0.3, -0.25) is 4.79 Å². The summed E-state index contributed by atoms with van der Waals surface area (Å²) in [5.74, 6) is 0.745. The molecule has 2 aliphatic rings. The van der Waals surface area contributed by atoms with Crippen LogP contribution in [0.1, 0.15) is 56.6 Å². The molecule has 0 saturated carbocycles. The lowest BCUT2D eigenvalue weighted by molar-refractivity contribution is -0.129. The van der Waals surface area contributed by atoms with Crippen molar-refractivity contribution in [3.63, 3.8) is 0 Å². The summed E-state index contributed by atoms with van der Waals surface area (Å²) < 4.78 is 26.9. The maximum absolute atomic E-state index is 12.6. The van der Waals surface area contributed by atoms with Gasteiger partial charge in [-0.2, -0.15) is 0 Å². The minimum absolute atomic E-state index is 0.0116. The van der Waals surface area contributed by atoms with E-state index in [9.17, 15) is 13.2 Å². The summed E-state index contributed by atoms with van der Waals surface area (Å²) in [7, 11) is 0.428. The second kappa shape index (κ2) is 7.55. The molecule has 0 N–H and O–H groups in total. The molecule has 0 bridgehead atoms. The molecule has 27 heavy (non-hydrogen) atoms. The maximum Gasteiger partial charge on any atom is 0.222 e. The normalized spacial score (nSPS) is 22.2. The van der Waals surface area contributed by atoms with E-state index in [1.165, 1.54) is 11.1 Å². The first-order valence-corrected chi connectivity index (χ1v) is 11.5. The van der Waals surface area contributed by atoms with E-state index in [0.717, 1.165) is 19.3 Å². The first kappa shape index (κ1) is 20.3. The third-order valence-electron chi connectivity index (χ3n) is 6.15. The summed E-state index contributed by atoms with van der Waals surface area (Å²) in [6, 6.07) is 8.46. The second-order valence-corrected chi connectivity index (χ2v) is 10.8. The van der Waals surface area contributed by atoms with Crippen LogP contribution in [0.3, 0.4) is 0 Å². The van der Waals surface area contributed by atoms with Crippen molar-refractivity contribution in [3.05, 3.63) is 35.4 Å². The van der Waals surface area contributed by atoms with Crippen molar-refractivity contribution < 1.29 is 13.2 Å². The average Bonchev–Trinajstić information content (AvgIpc) is 2.88. The number of hydrogen-bond acceptors (Lipinski definition) is 3. The summed E-state index contributed by atoms with van der Waals surface area (Å²) in [6.07, 6.45) is 3.16. The molecule has 0 radical (unpaired) electrons. The Kier molecular flexibility index (Phi) is 5.69. The van der Waals surface area contributed by atoms with Crippen molar-refractivity contribution in [2.45, 2.75) is 50.9 Å². The lowest BCUT2D eigenvalue weighted by Crippen LogP contribution is -2.45. The highest BCUT2D eigenvalue weighted by atomic mass is 32.2. The van der Waals surface area contributed by atoms with E-state index in [2.05, 4.69) is 18.2 Å². The minimum Gasteiger partial charge on any atom is -0.349 e. The maximum atomic E-state index is 12.6. The Labute approximate surface area is 163 Å². The lowest BCUT2D eigenvalue weighted by Gasteiger charge is -2.40. The fourth-order valence-corrected chi connectivity index (χ4v) is 6.59. The van der Waals surface area contributed by atoms with Gasteiger partial charge in [0, 0.05) is 33.6 Å². The Balaban J connectivity index is 1.79. The van der Waals surface area contributed by atoms with Crippen molar-refractivity contribution in [1.29, 1.82) is 0 Å². The van der Waals surface area contributed by atoms with Crippen molar-refractivity contribution in [1.82, 2.24) is 9.21 Å². The Bertz CT molecular complexity index is 793. The predicted molar refractivity (Wildman–Crippen MR) is 108 cm³/mol. The molecule has 0 unspecified atom stereocenters. The zero-order chi connectivity index (χ0) is 19.8. The molecule has 1 fully saturated rings. The average molecular weight is 393 g/mol. The number of amides is 1. The zero-order valence-corrected chi connectivity index (χ0v) is 17.8. The van der Waals surface area contributed by atoms with Gasteiger partial charge in [0.05, 0.1) is 5.75 Å². The fraction of sp³-hybridized carbons (Fsp3) is 0.667. The molecule has 1 spiro atoms. The largest absolute Gasteiger partial charge is 0.349 e. The van der Waals surface area contributed by atoms with Gasteiger partial charge in [0.15, 0.2) is 0 Å². The monoisotopic (exact) mass is 392 g/mol. The van der Waals surface area contributed by atoms with Gasteiger partial charge in [0.25, 0.3) is 0 Å². The first-order valence-electron chi connectivity index (χ1n) is 9.92. The van der Waals surface area contributed by atoms with E-state index < -0.39 is 10.0 Å². The van der Waals surface area contributed by atoms with Gasteiger partial charge in [-0.25, -0.2) is 12.7 Å². The highest BCUT2D eigenvalue weighted by Gasteiger charge is 2.47. The van der Waals surface area contributed by atoms with Crippen LogP contribution in [0.25, 0.3) is 0 Å². The molecule has 1 aliphatic carbocycles. The van der Waals surface area contributed by atoms with Crippen molar-refractivity contribution in [3.8, 4) is 0 Å². The smallest absolute Gasteiger partial charge is 0.222 e. The third-order valence-corrected chi connectivity index (χ3v) is 8.39. The van der Waals surface area contributed by atoms with E-state index in [-0.39, 0.29) is 28.9 Å². The number of rotatable bonds is 5. The number of carbonyl (C=O) groups is 1. The molecule has 5 nitrogen and oxygen atoms in total. The quantitative estimate of drug-likeness (QED) is 0.774. The van der Waals surface area contributed by atoms with Gasteiger partial charge >= 0.3 is 0 Å². The number of carbonyl (C=O) groups excluding carboxylic acids is 1. The van der Waals surface area contributed by atoms with E-state index in [0.29, 0.717) is 19.5 Å². The molecular formula is C21H32N2O3S. The number of sulfonamides is 1. The number of hydrogen-bond donors (Lipinski definition) is 0. The Hall–Kier alpha value is -1.40. The standard InChI is InChI=1S/C21H32N2O3S/c1-16(2)15-27(25,26)23-11-9-21(10-12-23)14-17(13-20(24)22(3)4)18-7-5-6-8-19(18)21/h5-8,16-17H,9-15H2,1-4H3/t17-/m0/s1. The number of fused-ring (bicyclic) bond motifs is 2.